The third-order valence-corrected chi connectivity index (χ3v) is 5.10. The van der Waals surface area contributed by atoms with Crippen LogP contribution in [0.5, 0.6) is 0 Å². The fraction of sp³-hybridized carbons (Fsp3) is 0.333. The van der Waals surface area contributed by atoms with Crippen LogP contribution in [0.2, 0.25) is 5.02 Å². The summed E-state index contributed by atoms with van der Waals surface area (Å²) in [6.45, 7) is 4.12. The summed E-state index contributed by atoms with van der Waals surface area (Å²) >= 11 is 6.02. The summed E-state index contributed by atoms with van der Waals surface area (Å²) < 4.78 is 0. The lowest BCUT2D eigenvalue weighted by Gasteiger charge is -2.34. The number of rotatable bonds is 6. The average Bonchev–Trinajstić information content (AvgIpc) is 2.68. The quantitative estimate of drug-likeness (QED) is 0.770. The standard InChI is InChI=1S/C21H24ClN3O2/c1-24-12-14-25(15-13-24)17-8-6-16(7-9-17)23-21(27)11-10-20(26)18-4-2-3-5-19(18)22/h2-9H,10-15H2,1H3,(H,23,27). The van der Waals surface area contributed by atoms with Crippen LogP contribution in [0.25, 0.3) is 0 Å². The second-order valence-electron chi connectivity index (χ2n) is 6.79. The average molecular weight is 386 g/mol. The first-order chi connectivity index (χ1) is 13.0. The lowest BCUT2D eigenvalue weighted by Crippen LogP contribution is -2.44. The molecular weight excluding hydrogens is 362 g/mol. The summed E-state index contributed by atoms with van der Waals surface area (Å²) in [6.07, 6.45) is 0.263. The van der Waals surface area contributed by atoms with Crippen LogP contribution in [-0.2, 0) is 4.79 Å². The van der Waals surface area contributed by atoms with Crippen LogP contribution in [0.4, 0.5) is 11.4 Å². The molecule has 2 aromatic carbocycles. The molecule has 0 aromatic heterocycles. The molecule has 0 bridgehead atoms. The molecule has 1 N–H and O–H groups in total. The Bertz CT molecular complexity index is 799. The van der Waals surface area contributed by atoms with Crippen molar-refractivity contribution in [3.8, 4) is 0 Å². The number of hydrogen-bond acceptors (Lipinski definition) is 4. The van der Waals surface area contributed by atoms with Crippen molar-refractivity contribution in [3.63, 3.8) is 0 Å². The SMILES string of the molecule is CN1CCN(c2ccc(NC(=O)CCC(=O)c3ccccc3Cl)cc2)CC1. The van der Waals surface area contributed by atoms with Crippen molar-refractivity contribution >= 4 is 34.7 Å². The Balaban J connectivity index is 1.49. The van der Waals surface area contributed by atoms with Gasteiger partial charge in [0.15, 0.2) is 5.78 Å². The molecule has 1 aliphatic heterocycles. The van der Waals surface area contributed by atoms with Gasteiger partial charge in [-0.2, -0.15) is 0 Å². The van der Waals surface area contributed by atoms with Gasteiger partial charge in [-0.3, -0.25) is 9.59 Å². The van der Waals surface area contributed by atoms with Crippen LogP contribution in [0.15, 0.2) is 48.5 Å². The second kappa shape index (κ2) is 9.02. The minimum atomic E-state index is -0.178. The molecule has 0 atom stereocenters. The Hall–Kier alpha value is -2.37. The van der Waals surface area contributed by atoms with Crippen molar-refractivity contribution in [2.75, 3.05) is 43.4 Å². The number of benzene rings is 2. The Morgan fingerprint density at radius 3 is 2.30 bits per heavy atom. The van der Waals surface area contributed by atoms with Gasteiger partial charge in [-0.05, 0) is 43.4 Å². The molecule has 5 nitrogen and oxygen atoms in total. The van der Waals surface area contributed by atoms with Gasteiger partial charge in [0.1, 0.15) is 0 Å². The monoisotopic (exact) mass is 385 g/mol. The van der Waals surface area contributed by atoms with E-state index in [1.165, 1.54) is 0 Å². The van der Waals surface area contributed by atoms with Gasteiger partial charge in [0, 0.05) is 56.0 Å². The maximum atomic E-state index is 12.2. The molecule has 0 radical (unpaired) electrons. The topological polar surface area (TPSA) is 52.6 Å². The molecule has 3 rings (SSSR count). The van der Waals surface area contributed by atoms with E-state index in [0.717, 1.165) is 37.6 Å². The van der Waals surface area contributed by atoms with Crippen molar-refractivity contribution in [1.82, 2.24) is 4.90 Å². The molecule has 6 heteroatoms. The summed E-state index contributed by atoms with van der Waals surface area (Å²) in [7, 11) is 2.13. The normalized spacial score (nSPS) is 14.8. The molecule has 27 heavy (non-hydrogen) atoms. The molecule has 1 heterocycles. The number of nitrogens with one attached hydrogen (secondary N) is 1. The number of carbonyl (C=O) groups excluding carboxylic acids is 2. The van der Waals surface area contributed by atoms with Crippen molar-refractivity contribution < 1.29 is 9.59 Å². The van der Waals surface area contributed by atoms with E-state index in [1.54, 1.807) is 24.3 Å². The molecule has 1 amide bonds. The van der Waals surface area contributed by atoms with Gasteiger partial charge in [0.2, 0.25) is 5.91 Å². The summed E-state index contributed by atoms with van der Waals surface area (Å²) in [6, 6.07) is 14.8. The van der Waals surface area contributed by atoms with E-state index in [0.29, 0.717) is 10.6 Å². The minimum Gasteiger partial charge on any atom is -0.369 e. The van der Waals surface area contributed by atoms with Gasteiger partial charge in [-0.25, -0.2) is 0 Å². The van der Waals surface area contributed by atoms with Crippen LogP contribution in [0.1, 0.15) is 23.2 Å². The Morgan fingerprint density at radius 2 is 1.63 bits per heavy atom. The number of anilines is 2. The first kappa shape index (κ1) is 19.4. The number of amides is 1. The zero-order chi connectivity index (χ0) is 19.2. The predicted octanol–water partition coefficient (Wildman–Crippen LogP) is 3.69. The molecule has 2 aromatic rings. The fourth-order valence-electron chi connectivity index (χ4n) is 3.09. The number of carbonyl (C=O) groups is 2. The van der Waals surface area contributed by atoms with Gasteiger partial charge in [0.25, 0.3) is 0 Å². The summed E-state index contributed by atoms with van der Waals surface area (Å²) in [5, 5.41) is 3.27. The van der Waals surface area contributed by atoms with E-state index >= 15 is 0 Å². The highest BCUT2D eigenvalue weighted by molar-refractivity contribution is 6.34. The number of nitrogens with zero attached hydrogens (tertiary/aromatic N) is 2. The number of piperazine rings is 1. The highest BCUT2D eigenvalue weighted by atomic mass is 35.5. The van der Waals surface area contributed by atoms with Crippen LogP contribution >= 0.6 is 11.6 Å². The number of Topliss-reactive ketones (excluding diaryl/α,β-unsaturated/α-hetero) is 1. The minimum absolute atomic E-state index is 0.124. The molecule has 142 valence electrons. The smallest absolute Gasteiger partial charge is 0.224 e. The maximum Gasteiger partial charge on any atom is 0.224 e. The van der Waals surface area contributed by atoms with Crippen LogP contribution < -0.4 is 10.2 Å². The van der Waals surface area contributed by atoms with Crippen molar-refractivity contribution in [3.05, 3.63) is 59.1 Å². The molecule has 0 unspecified atom stereocenters. The van der Waals surface area contributed by atoms with E-state index < -0.39 is 0 Å². The molecular formula is C21H24ClN3O2. The first-order valence-corrected chi connectivity index (χ1v) is 9.52. The van der Waals surface area contributed by atoms with Crippen molar-refractivity contribution in [2.24, 2.45) is 0 Å². The van der Waals surface area contributed by atoms with E-state index in [-0.39, 0.29) is 24.5 Å². The fourth-order valence-corrected chi connectivity index (χ4v) is 3.33. The Labute approximate surface area is 164 Å². The number of hydrogen-bond donors (Lipinski definition) is 1. The van der Waals surface area contributed by atoms with E-state index in [4.69, 9.17) is 11.6 Å². The molecule has 0 spiro atoms. The van der Waals surface area contributed by atoms with Gasteiger partial charge in [-0.1, -0.05) is 23.7 Å². The summed E-state index contributed by atoms with van der Waals surface area (Å²) in [5.74, 6) is -0.302. The Morgan fingerprint density at radius 1 is 0.963 bits per heavy atom. The molecule has 0 saturated carbocycles. The van der Waals surface area contributed by atoms with Crippen LogP contribution in [0.3, 0.4) is 0 Å². The van der Waals surface area contributed by atoms with Gasteiger partial charge >= 0.3 is 0 Å². The van der Waals surface area contributed by atoms with E-state index in [1.807, 2.05) is 24.3 Å². The Kier molecular flexibility index (Phi) is 6.48. The van der Waals surface area contributed by atoms with Gasteiger partial charge in [-0.15, -0.1) is 0 Å². The zero-order valence-corrected chi connectivity index (χ0v) is 16.2. The number of likely N-dealkylation sites (N-methyl/N-ethyl adjacent to an activating group) is 1. The zero-order valence-electron chi connectivity index (χ0n) is 15.5. The number of ketones is 1. The van der Waals surface area contributed by atoms with Crippen LogP contribution in [0, 0.1) is 0 Å². The molecule has 1 fully saturated rings. The second-order valence-corrected chi connectivity index (χ2v) is 7.20. The number of halogens is 1. The highest BCUT2D eigenvalue weighted by Gasteiger charge is 2.15. The third-order valence-electron chi connectivity index (χ3n) is 4.77. The van der Waals surface area contributed by atoms with Crippen molar-refractivity contribution in [2.45, 2.75) is 12.8 Å². The van der Waals surface area contributed by atoms with Crippen LogP contribution in [-0.4, -0.2) is 49.8 Å². The van der Waals surface area contributed by atoms with E-state index in [2.05, 4.69) is 22.2 Å². The largest absolute Gasteiger partial charge is 0.369 e. The maximum absolute atomic E-state index is 12.2. The predicted molar refractivity (Wildman–Crippen MR) is 110 cm³/mol. The summed E-state index contributed by atoms with van der Waals surface area (Å²) in [5.41, 5.74) is 2.36. The first-order valence-electron chi connectivity index (χ1n) is 9.14. The summed E-state index contributed by atoms with van der Waals surface area (Å²) in [4.78, 5) is 29.0. The van der Waals surface area contributed by atoms with Gasteiger partial charge < -0.3 is 15.1 Å². The lowest BCUT2D eigenvalue weighted by molar-refractivity contribution is -0.116. The van der Waals surface area contributed by atoms with Crippen molar-refractivity contribution in [1.29, 1.82) is 0 Å². The van der Waals surface area contributed by atoms with E-state index in [9.17, 15) is 9.59 Å². The highest BCUT2D eigenvalue weighted by Crippen LogP contribution is 2.20. The molecule has 1 saturated heterocycles. The molecule has 0 aliphatic carbocycles. The van der Waals surface area contributed by atoms with Gasteiger partial charge in [0.05, 0.1) is 5.02 Å². The lowest BCUT2D eigenvalue weighted by atomic mass is 10.1. The third kappa shape index (κ3) is 5.31. The molecule has 1 aliphatic rings.